The Morgan fingerprint density at radius 2 is 1.91 bits per heavy atom. The highest BCUT2D eigenvalue weighted by Crippen LogP contribution is 2.47. The third-order valence-corrected chi connectivity index (χ3v) is 4.41. The Labute approximate surface area is 127 Å². The summed E-state index contributed by atoms with van der Waals surface area (Å²) >= 11 is 0. The summed E-state index contributed by atoms with van der Waals surface area (Å²) in [7, 11) is 0. The van der Waals surface area contributed by atoms with Gasteiger partial charge in [-0.2, -0.15) is 0 Å². The van der Waals surface area contributed by atoms with Gasteiger partial charge >= 0.3 is 5.97 Å². The lowest BCUT2D eigenvalue weighted by Gasteiger charge is -2.44. The predicted molar refractivity (Wildman–Crippen MR) is 76.5 cm³/mol. The van der Waals surface area contributed by atoms with Gasteiger partial charge in [-0.05, 0) is 24.5 Å². The zero-order chi connectivity index (χ0) is 16.0. The summed E-state index contributed by atoms with van der Waals surface area (Å²) in [6.45, 7) is 1.52. The van der Waals surface area contributed by atoms with Crippen molar-refractivity contribution in [1.29, 1.82) is 0 Å². The minimum absolute atomic E-state index is 0.150. The van der Waals surface area contributed by atoms with E-state index in [1.54, 1.807) is 30.3 Å². The number of carbonyl (C=O) groups is 2. The van der Waals surface area contributed by atoms with E-state index in [1.165, 1.54) is 11.8 Å². The van der Waals surface area contributed by atoms with Crippen molar-refractivity contribution in [2.24, 2.45) is 5.92 Å². The van der Waals surface area contributed by atoms with E-state index in [0.29, 0.717) is 11.1 Å². The van der Waals surface area contributed by atoms with E-state index in [1.807, 2.05) is 0 Å². The second kappa shape index (κ2) is 5.23. The van der Waals surface area contributed by atoms with Crippen LogP contribution in [-0.2, 0) is 9.59 Å². The summed E-state index contributed by atoms with van der Waals surface area (Å²) in [5, 5.41) is 29.6. The van der Waals surface area contributed by atoms with Crippen molar-refractivity contribution in [2.45, 2.75) is 31.6 Å². The molecule has 2 aliphatic heterocycles. The van der Waals surface area contributed by atoms with Crippen LogP contribution >= 0.6 is 0 Å². The Hall–Kier alpha value is -2.18. The first kappa shape index (κ1) is 14.7. The molecule has 0 radical (unpaired) electrons. The van der Waals surface area contributed by atoms with Crippen LogP contribution in [0.5, 0.6) is 0 Å². The van der Waals surface area contributed by atoms with Crippen molar-refractivity contribution in [2.75, 3.05) is 0 Å². The fourth-order valence-electron chi connectivity index (χ4n) is 3.38. The molecule has 3 rings (SSSR count). The van der Waals surface area contributed by atoms with Crippen molar-refractivity contribution in [3.8, 4) is 0 Å². The molecule has 0 aromatic heterocycles. The van der Waals surface area contributed by atoms with Crippen LogP contribution in [0.2, 0.25) is 0 Å². The zero-order valence-corrected chi connectivity index (χ0v) is 12.0. The van der Waals surface area contributed by atoms with Crippen LogP contribution in [0.1, 0.15) is 25.0 Å². The van der Waals surface area contributed by atoms with Gasteiger partial charge in [-0.15, -0.1) is 0 Å². The monoisotopic (exact) mass is 303 g/mol. The van der Waals surface area contributed by atoms with Gasteiger partial charge in [0.05, 0.1) is 18.1 Å². The maximum Gasteiger partial charge on any atom is 0.352 e. The average molecular weight is 303 g/mol. The molecule has 1 unspecified atom stereocenters. The van der Waals surface area contributed by atoms with Crippen LogP contribution in [0.4, 0.5) is 0 Å². The van der Waals surface area contributed by atoms with Crippen LogP contribution < -0.4 is 0 Å². The molecule has 1 aromatic carbocycles. The third-order valence-electron chi connectivity index (χ3n) is 4.41. The smallest absolute Gasteiger partial charge is 0.352 e. The highest BCUT2D eigenvalue weighted by molar-refractivity contribution is 5.99. The number of hydrogen-bond acceptors (Lipinski definition) is 4. The molecule has 22 heavy (non-hydrogen) atoms. The Morgan fingerprint density at radius 3 is 2.45 bits per heavy atom. The van der Waals surface area contributed by atoms with Gasteiger partial charge in [0.2, 0.25) is 5.91 Å². The molecule has 1 aromatic rings. The van der Waals surface area contributed by atoms with Crippen LogP contribution in [-0.4, -0.2) is 44.2 Å². The largest absolute Gasteiger partial charge is 0.477 e. The highest BCUT2D eigenvalue weighted by atomic mass is 16.4. The minimum Gasteiger partial charge on any atom is -0.477 e. The summed E-state index contributed by atoms with van der Waals surface area (Å²) in [6.07, 6.45) is -1.64. The summed E-state index contributed by atoms with van der Waals surface area (Å²) in [4.78, 5) is 24.8. The number of rotatable bonds is 4. The lowest BCUT2D eigenvalue weighted by molar-refractivity contribution is -0.161. The van der Waals surface area contributed by atoms with Gasteiger partial charge in [0.15, 0.2) is 0 Å². The quantitative estimate of drug-likeness (QED) is 0.710. The maximum absolute atomic E-state index is 12.1. The maximum atomic E-state index is 12.1. The van der Waals surface area contributed by atoms with Crippen molar-refractivity contribution in [1.82, 2.24) is 4.90 Å². The molecular weight excluding hydrogens is 286 g/mol. The van der Waals surface area contributed by atoms with E-state index in [9.17, 15) is 24.9 Å². The molecule has 6 nitrogen and oxygen atoms in total. The molecule has 3 N–H and O–H groups in total. The van der Waals surface area contributed by atoms with Crippen LogP contribution in [0, 0.1) is 5.92 Å². The number of carbonyl (C=O) groups excluding carboxylic acids is 1. The highest BCUT2D eigenvalue weighted by Gasteiger charge is 2.57. The number of β-lactam (4-membered cyclic amide) rings is 1. The average Bonchev–Trinajstić information content (AvgIpc) is 2.82. The summed E-state index contributed by atoms with van der Waals surface area (Å²) in [5.74, 6) is -2.23. The summed E-state index contributed by atoms with van der Waals surface area (Å²) < 4.78 is 0. The van der Waals surface area contributed by atoms with Crippen LogP contribution in [0.15, 0.2) is 41.6 Å². The van der Waals surface area contributed by atoms with Gasteiger partial charge in [0.25, 0.3) is 0 Å². The molecule has 1 fully saturated rings. The van der Waals surface area contributed by atoms with Gasteiger partial charge in [0, 0.05) is 0 Å². The number of carboxylic acid groups (broad SMARTS) is 1. The van der Waals surface area contributed by atoms with Gasteiger partial charge in [-0.25, -0.2) is 4.79 Å². The standard InChI is InChI=1S/C16H17NO5/c1-8(18)12-11-7-10(13(16(21)22)17(11)15(12)20)14(19)9-5-3-2-4-6-9/h2-6,8,11-12,14,18-19H,7H2,1H3,(H,21,22)/t8-,11-,12-,14?/m1/s1. The number of aliphatic hydroxyl groups is 2. The fourth-order valence-corrected chi connectivity index (χ4v) is 3.38. The third kappa shape index (κ3) is 2.03. The number of fused-ring (bicyclic) bond motifs is 1. The molecule has 0 spiro atoms. The number of aliphatic hydroxyl groups excluding tert-OH is 2. The number of amides is 1. The summed E-state index contributed by atoms with van der Waals surface area (Å²) in [6, 6.07) is 8.35. The van der Waals surface area contributed by atoms with Gasteiger partial charge in [-0.3, -0.25) is 4.79 Å². The Kier molecular flexibility index (Phi) is 3.50. The molecule has 6 heteroatoms. The molecule has 4 atom stereocenters. The lowest BCUT2D eigenvalue weighted by Crippen LogP contribution is -2.61. The fraction of sp³-hybridized carbons (Fsp3) is 0.375. The topological polar surface area (TPSA) is 98.1 Å². The van der Waals surface area contributed by atoms with Crippen molar-refractivity contribution < 1.29 is 24.9 Å². The van der Waals surface area contributed by atoms with E-state index in [-0.39, 0.29) is 18.2 Å². The van der Waals surface area contributed by atoms with Crippen LogP contribution in [0.25, 0.3) is 0 Å². The lowest BCUT2D eigenvalue weighted by atomic mass is 9.82. The number of hydrogen-bond donors (Lipinski definition) is 3. The van der Waals surface area contributed by atoms with Gasteiger partial charge < -0.3 is 20.2 Å². The minimum atomic E-state index is -1.23. The molecule has 1 saturated heterocycles. The number of benzene rings is 1. The second-order valence-electron chi connectivity index (χ2n) is 5.74. The van der Waals surface area contributed by atoms with Gasteiger partial charge in [0.1, 0.15) is 11.8 Å². The normalized spacial score (nSPS) is 26.5. The number of carboxylic acids is 1. The van der Waals surface area contributed by atoms with Crippen LogP contribution in [0.3, 0.4) is 0 Å². The first-order valence-electron chi connectivity index (χ1n) is 7.14. The van der Waals surface area contributed by atoms with E-state index >= 15 is 0 Å². The van der Waals surface area contributed by atoms with E-state index in [4.69, 9.17) is 0 Å². The molecule has 2 aliphatic rings. The number of nitrogens with zero attached hydrogens (tertiary/aromatic N) is 1. The van der Waals surface area contributed by atoms with Crippen molar-refractivity contribution >= 4 is 11.9 Å². The summed E-state index contributed by atoms with van der Waals surface area (Å²) in [5.41, 5.74) is 0.753. The Balaban J connectivity index is 1.97. The molecule has 0 bridgehead atoms. The molecular formula is C16H17NO5. The number of aliphatic carboxylic acids is 1. The molecule has 116 valence electrons. The predicted octanol–water partition coefficient (Wildman–Crippen LogP) is 0.670. The Bertz CT molecular complexity index is 652. The first-order valence-corrected chi connectivity index (χ1v) is 7.14. The zero-order valence-electron chi connectivity index (χ0n) is 12.0. The van der Waals surface area contributed by atoms with Crippen molar-refractivity contribution in [3.63, 3.8) is 0 Å². The van der Waals surface area contributed by atoms with E-state index in [0.717, 1.165) is 0 Å². The Morgan fingerprint density at radius 1 is 1.27 bits per heavy atom. The molecule has 0 aliphatic carbocycles. The first-order chi connectivity index (χ1) is 10.4. The second-order valence-corrected chi connectivity index (χ2v) is 5.74. The molecule has 1 amide bonds. The SMILES string of the molecule is C[C@@H](O)[C@H]1C(=O)N2C(C(=O)O)=C(C(O)c3ccccc3)C[C@H]12. The molecule has 0 saturated carbocycles. The van der Waals surface area contributed by atoms with Gasteiger partial charge in [-0.1, -0.05) is 30.3 Å². The van der Waals surface area contributed by atoms with E-state index < -0.39 is 30.0 Å². The van der Waals surface area contributed by atoms with Crippen molar-refractivity contribution in [3.05, 3.63) is 47.2 Å². The van der Waals surface area contributed by atoms with E-state index in [2.05, 4.69) is 0 Å². The molecule has 2 heterocycles.